The topological polar surface area (TPSA) is 51.2 Å². The first-order valence-corrected chi connectivity index (χ1v) is 8.43. The lowest BCUT2D eigenvalue weighted by Crippen LogP contribution is -2.23. The maximum Gasteiger partial charge on any atom is 0.220 e. The van der Waals surface area contributed by atoms with E-state index in [-0.39, 0.29) is 5.91 Å². The van der Waals surface area contributed by atoms with Crippen LogP contribution in [0.15, 0.2) is 23.6 Å². The van der Waals surface area contributed by atoms with Crippen LogP contribution < -0.4 is 10.1 Å². The standard InChI is InChI=1S/C15H16Cl2N2O2S/c1-10-19-12(9-22-10)8-18-15(20)3-2-6-21-14-5-4-11(16)7-13(14)17/h4-5,7,9H,2-3,6,8H2,1H3,(H,18,20). The van der Waals surface area contributed by atoms with Gasteiger partial charge in [-0.15, -0.1) is 11.3 Å². The normalized spacial score (nSPS) is 10.5. The molecule has 0 saturated heterocycles. The Morgan fingerprint density at radius 1 is 1.41 bits per heavy atom. The molecule has 1 N–H and O–H groups in total. The van der Waals surface area contributed by atoms with Crippen LogP contribution in [-0.2, 0) is 11.3 Å². The molecule has 0 bridgehead atoms. The number of hydrogen-bond donors (Lipinski definition) is 1. The van der Waals surface area contributed by atoms with E-state index in [1.54, 1.807) is 29.5 Å². The molecule has 118 valence electrons. The summed E-state index contributed by atoms with van der Waals surface area (Å²) in [5.74, 6) is 0.556. The lowest BCUT2D eigenvalue weighted by atomic mass is 10.3. The third-order valence-corrected chi connectivity index (χ3v) is 4.19. The molecule has 0 radical (unpaired) electrons. The van der Waals surface area contributed by atoms with Crippen molar-refractivity contribution in [3.63, 3.8) is 0 Å². The van der Waals surface area contributed by atoms with Crippen molar-refractivity contribution in [3.8, 4) is 5.75 Å². The lowest BCUT2D eigenvalue weighted by Gasteiger charge is -2.08. The summed E-state index contributed by atoms with van der Waals surface area (Å²) in [4.78, 5) is 16.0. The molecule has 0 unspecified atom stereocenters. The van der Waals surface area contributed by atoms with Crippen LogP contribution in [0.25, 0.3) is 0 Å². The Balaban J connectivity index is 1.64. The summed E-state index contributed by atoms with van der Waals surface area (Å²) >= 11 is 13.4. The smallest absolute Gasteiger partial charge is 0.220 e. The second kappa shape index (κ2) is 8.36. The van der Waals surface area contributed by atoms with Crippen LogP contribution in [0.3, 0.4) is 0 Å². The van der Waals surface area contributed by atoms with Crippen LogP contribution in [0.4, 0.5) is 0 Å². The van der Waals surface area contributed by atoms with Crippen molar-refractivity contribution in [3.05, 3.63) is 44.3 Å². The number of thiazole rings is 1. The molecule has 0 aliphatic heterocycles. The zero-order valence-electron chi connectivity index (χ0n) is 12.1. The van der Waals surface area contributed by atoms with E-state index in [0.29, 0.717) is 41.8 Å². The monoisotopic (exact) mass is 358 g/mol. The minimum atomic E-state index is -0.0172. The Bertz CT molecular complexity index is 646. The summed E-state index contributed by atoms with van der Waals surface area (Å²) < 4.78 is 5.53. The average Bonchev–Trinajstić information content (AvgIpc) is 2.89. The number of aromatic nitrogens is 1. The number of amides is 1. The number of nitrogens with one attached hydrogen (secondary N) is 1. The van der Waals surface area contributed by atoms with E-state index in [1.807, 2.05) is 12.3 Å². The van der Waals surface area contributed by atoms with Crippen molar-refractivity contribution in [1.29, 1.82) is 0 Å². The predicted octanol–water partition coefficient (Wildman–Crippen LogP) is 4.23. The Kier molecular flexibility index (Phi) is 6.49. The van der Waals surface area contributed by atoms with Gasteiger partial charge < -0.3 is 10.1 Å². The third-order valence-electron chi connectivity index (χ3n) is 2.83. The summed E-state index contributed by atoms with van der Waals surface area (Å²) in [6, 6.07) is 5.06. The molecule has 0 saturated carbocycles. The van der Waals surface area contributed by atoms with Crippen molar-refractivity contribution < 1.29 is 9.53 Å². The Morgan fingerprint density at radius 2 is 2.23 bits per heavy atom. The van der Waals surface area contributed by atoms with Crippen molar-refractivity contribution in [2.45, 2.75) is 26.3 Å². The molecular weight excluding hydrogens is 343 g/mol. The van der Waals surface area contributed by atoms with E-state index in [1.165, 1.54) is 0 Å². The van der Waals surface area contributed by atoms with Gasteiger partial charge in [-0.3, -0.25) is 4.79 Å². The first-order chi connectivity index (χ1) is 10.5. The molecular formula is C15H16Cl2N2O2S. The molecule has 1 aromatic heterocycles. The molecule has 0 spiro atoms. The molecule has 0 aliphatic carbocycles. The number of halogens is 2. The van der Waals surface area contributed by atoms with Crippen LogP contribution >= 0.6 is 34.5 Å². The highest BCUT2D eigenvalue weighted by Crippen LogP contribution is 2.27. The molecule has 4 nitrogen and oxygen atoms in total. The Hall–Kier alpha value is -1.30. The molecule has 1 aromatic carbocycles. The number of ether oxygens (including phenoxy) is 1. The Labute approximate surface area is 143 Å². The van der Waals surface area contributed by atoms with Gasteiger partial charge in [0.25, 0.3) is 0 Å². The molecule has 2 aromatic rings. The average molecular weight is 359 g/mol. The minimum Gasteiger partial charge on any atom is -0.492 e. The van der Waals surface area contributed by atoms with E-state index in [4.69, 9.17) is 27.9 Å². The molecule has 1 heterocycles. The van der Waals surface area contributed by atoms with Crippen LogP contribution in [0, 0.1) is 6.92 Å². The van der Waals surface area contributed by atoms with Crippen LogP contribution in [0.5, 0.6) is 5.75 Å². The summed E-state index contributed by atoms with van der Waals surface area (Å²) in [6.07, 6.45) is 1.01. The molecule has 7 heteroatoms. The molecule has 0 fully saturated rings. The van der Waals surface area contributed by atoms with Gasteiger partial charge in [-0.2, -0.15) is 0 Å². The van der Waals surface area contributed by atoms with Gasteiger partial charge in [0.05, 0.1) is 28.9 Å². The van der Waals surface area contributed by atoms with Crippen molar-refractivity contribution in [1.82, 2.24) is 10.3 Å². The summed E-state index contributed by atoms with van der Waals surface area (Å²) in [5.41, 5.74) is 0.889. The van der Waals surface area contributed by atoms with Gasteiger partial charge in [0.2, 0.25) is 5.91 Å². The number of nitrogens with zero attached hydrogens (tertiary/aromatic N) is 1. The largest absolute Gasteiger partial charge is 0.492 e. The van der Waals surface area contributed by atoms with Gasteiger partial charge in [0.15, 0.2) is 0 Å². The number of hydrogen-bond acceptors (Lipinski definition) is 4. The number of rotatable bonds is 7. The van der Waals surface area contributed by atoms with Gasteiger partial charge in [0.1, 0.15) is 5.75 Å². The highest BCUT2D eigenvalue weighted by atomic mass is 35.5. The fraction of sp³-hybridized carbons (Fsp3) is 0.333. The molecule has 1 amide bonds. The quantitative estimate of drug-likeness (QED) is 0.753. The van der Waals surface area contributed by atoms with Crippen molar-refractivity contribution in [2.75, 3.05) is 6.61 Å². The first-order valence-electron chi connectivity index (χ1n) is 6.80. The number of aryl methyl sites for hydroxylation is 1. The lowest BCUT2D eigenvalue weighted by molar-refractivity contribution is -0.121. The van der Waals surface area contributed by atoms with E-state index in [0.717, 1.165) is 10.7 Å². The Morgan fingerprint density at radius 3 is 2.91 bits per heavy atom. The maximum atomic E-state index is 11.7. The SMILES string of the molecule is Cc1nc(CNC(=O)CCCOc2ccc(Cl)cc2Cl)cs1. The zero-order chi connectivity index (χ0) is 15.9. The fourth-order valence-electron chi connectivity index (χ4n) is 1.77. The van der Waals surface area contributed by atoms with E-state index >= 15 is 0 Å². The second-order valence-corrected chi connectivity index (χ2v) is 6.57. The number of carbonyl (C=O) groups excluding carboxylic acids is 1. The van der Waals surface area contributed by atoms with Crippen LogP contribution in [0.2, 0.25) is 10.0 Å². The summed E-state index contributed by atoms with van der Waals surface area (Å²) in [7, 11) is 0. The fourth-order valence-corrected chi connectivity index (χ4v) is 2.85. The summed E-state index contributed by atoms with van der Waals surface area (Å²) in [5, 5.41) is 6.81. The minimum absolute atomic E-state index is 0.0172. The number of benzene rings is 1. The van der Waals surface area contributed by atoms with Gasteiger partial charge in [-0.05, 0) is 31.5 Å². The first kappa shape index (κ1) is 17.1. The highest BCUT2D eigenvalue weighted by molar-refractivity contribution is 7.09. The molecule has 0 atom stereocenters. The van der Waals surface area contributed by atoms with E-state index < -0.39 is 0 Å². The van der Waals surface area contributed by atoms with Gasteiger partial charge in [-0.25, -0.2) is 4.98 Å². The second-order valence-electron chi connectivity index (χ2n) is 4.66. The van der Waals surface area contributed by atoms with Gasteiger partial charge >= 0.3 is 0 Å². The zero-order valence-corrected chi connectivity index (χ0v) is 14.4. The van der Waals surface area contributed by atoms with Gasteiger partial charge in [-0.1, -0.05) is 23.2 Å². The van der Waals surface area contributed by atoms with Crippen LogP contribution in [0.1, 0.15) is 23.5 Å². The van der Waals surface area contributed by atoms with Crippen molar-refractivity contribution in [2.24, 2.45) is 0 Å². The third kappa shape index (κ3) is 5.48. The van der Waals surface area contributed by atoms with E-state index in [2.05, 4.69) is 10.3 Å². The highest BCUT2D eigenvalue weighted by Gasteiger charge is 2.05. The van der Waals surface area contributed by atoms with Gasteiger partial charge in [0, 0.05) is 16.8 Å². The maximum absolute atomic E-state index is 11.7. The molecule has 2 rings (SSSR count). The predicted molar refractivity (Wildman–Crippen MR) is 89.9 cm³/mol. The van der Waals surface area contributed by atoms with Crippen LogP contribution in [-0.4, -0.2) is 17.5 Å². The molecule has 22 heavy (non-hydrogen) atoms. The summed E-state index contributed by atoms with van der Waals surface area (Å²) in [6.45, 7) is 2.83. The van der Waals surface area contributed by atoms with E-state index in [9.17, 15) is 4.79 Å². The van der Waals surface area contributed by atoms with Crippen molar-refractivity contribution >= 4 is 40.4 Å². The number of carbonyl (C=O) groups is 1. The molecule has 0 aliphatic rings.